The molecule has 4 aromatic rings. The minimum atomic E-state index is -4.79. The molecule has 5 rings (SSSR count). The number of halogens is 15. The van der Waals surface area contributed by atoms with E-state index in [1.54, 1.807) is 0 Å². The zero-order valence-electron chi connectivity index (χ0n) is 26.4. The average Bonchev–Trinajstić information content (AvgIpc) is 3.22. The second kappa shape index (κ2) is 15.6. The lowest BCUT2D eigenvalue weighted by Crippen LogP contribution is -2.41. The molecule has 0 bridgehead atoms. The van der Waals surface area contributed by atoms with Crippen LogP contribution in [0.15, 0.2) is 53.8 Å². The van der Waals surface area contributed by atoms with E-state index < -0.39 is 71.6 Å². The first-order valence-corrected chi connectivity index (χ1v) is 15.3. The van der Waals surface area contributed by atoms with Gasteiger partial charge in [-0.1, -0.05) is 23.2 Å². The summed E-state index contributed by atoms with van der Waals surface area (Å²) in [6.45, 7) is 7.44. The van der Waals surface area contributed by atoms with E-state index in [1.807, 2.05) is 27.7 Å². The Morgan fingerprint density at radius 1 is 0.558 bits per heavy atom. The Hall–Kier alpha value is -3.34. The molecule has 0 unspecified atom stereocenters. The van der Waals surface area contributed by atoms with Crippen molar-refractivity contribution >= 4 is 51.7 Å². The van der Waals surface area contributed by atoms with E-state index in [9.17, 15) is 52.7 Å². The van der Waals surface area contributed by atoms with Crippen molar-refractivity contribution in [3.8, 4) is 11.1 Å². The third-order valence-corrected chi connectivity index (χ3v) is 7.88. The first-order valence-electron chi connectivity index (χ1n) is 13.8. The van der Waals surface area contributed by atoms with Crippen molar-refractivity contribution in [3.05, 3.63) is 86.9 Å². The Balaban J connectivity index is 0.000000218. The van der Waals surface area contributed by atoms with Crippen molar-refractivity contribution in [1.82, 2.24) is 29.9 Å². The number of pyridine rings is 2. The van der Waals surface area contributed by atoms with Gasteiger partial charge in [-0.2, -0.15) is 52.7 Å². The molecule has 0 saturated carbocycles. The molecule has 0 amide bonds. The van der Waals surface area contributed by atoms with E-state index in [1.165, 1.54) is 0 Å². The quantitative estimate of drug-likeness (QED) is 0.145. The van der Waals surface area contributed by atoms with Crippen LogP contribution in [0, 0.1) is 0 Å². The van der Waals surface area contributed by atoms with Gasteiger partial charge in [-0.05, 0) is 55.8 Å². The molecule has 52 heavy (non-hydrogen) atoms. The van der Waals surface area contributed by atoms with Crippen LogP contribution in [0.4, 0.5) is 52.7 Å². The topological polar surface area (TPSA) is 95.8 Å². The van der Waals surface area contributed by atoms with Gasteiger partial charge in [0.2, 0.25) is 11.6 Å². The summed E-state index contributed by atoms with van der Waals surface area (Å²) in [7, 11) is -0.757. The van der Waals surface area contributed by atoms with Gasteiger partial charge in [0, 0.05) is 58.2 Å². The summed E-state index contributed by atoms with van der Waals surface area (Å²) in [5.41, 5.74) is -3.76. The summed E-state index contributed by atoms with van der Waals surface area (Å²) in [5, 5.41) is 0.0628. The van der Waals surface area contributed by atoms with Gasteiger partial charge in [-0.15, -0.1) is 0 Å². The van der Waals surface area contributed by atoms with Gasteiger partial charge in [-0.3, -0.25) is 0 Å². The molecule has 8 nitrogen and oxygen atoms in total. The van der Waals surface area contributed by atoms with Gasteiger partial charge >= 0.3 is 31.8 Å². The second-order valence-corrected chi connectivity index (χ2v) is 13.0. The summed E-state index contributed by atoms with van der Waals surface area (Å²) < 4.78 is 160. The number of aromatic nitrogens is 6. The smallest absolute Gasteiger partial charge is 0.399 e. The van der Waals surface area contributed by atoms with Crippen molar-refractivity contribution in [3.63, 3.8) is 0 Å². The number of alkyl halides is 12. The first kappa shape index (κ1) is 43.1. The van der Waals surface area contributed by atoms with E-state index in [0.717, 1.165) is 36.9 Å². The second-order valence-electron chi connectivity index (χ2n) is 11.2. The number of rotatable bonds is 2. The lowest BCUT2D eigenvalue weighted by Gasteiger charge is -2.32. The van der Waals surface area contributed by atoms with Crippen LogP contribution in [0.3, 0.4) is 0 Å². The van der Waals surface area contributed by atoms with Gasteiger partial charge in [0.05, 0.1) is 21.2 Å². The van der Waals surface area contributed by atoms with Gasteiger partial charge in [-0.25, -0.2) is 29.9 Å². The highest BCUT2D eigenvalue weighted by atomic mass is 79.9. The molecule has 0 radical (unpaired) electrons. The maximum atomic E-state index is 12.8. The van der Waals surface area contributed by atoms with Crippen molar-refractivity contribution in [2.24, 2.45) is 0 Å². The summed E-state index contributed by atoms with van der Waals surface area (Å²) in [4.78, 5) is 18.9. The van der Waals surface area contributed by atoms with E-state index in [4.69, 9.17) is 32.5 Å². The first-order chi connectivity index (χ1) is 23.5. The van der Waals surface area contributed by atoms with Gasteiger partial charge in [0.25, 0.3) is 0 Å². The Labute approximate surface area is 304 Å². The minimum Gasteiger partial charge on any atom is -0.399 e. The molecule has 1 aliphatic heterocycles. The zero-order valence-corrected chi connectivity index (χ0v) is 29.5. The average molecular weight is 862 g/mol. The number of hydrogen-bond donors (Lipinski definition) is 0. The van der Waals surface area contributed by atoms with Crippen LogP contribution in [0.25, 0.3) is 11.1 Å². The highest BCUT2D eigenvalue weighted by molar-refractivity contribution is 9.10. The molecule has 0 aromatic carbocycles. The fraction of sp³-hybridized carbons (Fsp3) is 0.357. The van der Waals surface area contributed by atoms with Crippen molar-refractivity contribution in [2.45, 2.75) is 63.6 Å². The van der Waals surface area contributed by atoms with Crippen LogP contribution in [0.1, 0.15) is 50.7 Å². The molecule has 4 aromatic heterocycles. The molecule has 5 heterocycles. The standard InChI is InChI=1S/C11H14BF3N2O2.C11H4ClF6N3.C6H2BrClF3N/c1-9(2)10(3,4)19-12(18-9)7-5-16-8(17-6-7)11(13,14)15;12-6-1-7(8(19-4-6)10(13,14)15)5-2-20-9(21-3-5)11(16,17)18;7-4-1-3(8)2-12-5(4)6(9,10)11/h5-6H,1-4H3;1-4H;1-2H. The predicted molar refractivity (Wildman–Crippen MR) is 165 cm³/mol. The molecule has 0 atom stereocenters. The lowest BCUT2D eigenvalue weighted by molar-refractivity contribution is -0.145. The maximum absolute atomic E-state index is 12.8. The van der Waals surface area contributed by atoms with Crippen LogP contribution in [-0.4, -0.2) is 48.2 Å². The number of nitrogens with zero attached hydrogens (tertiary/aromatic N) is 6. The van der Waals surface area contributed by atoms with Gasteiger partial charge in [0.15, 0.2) is 11.4 Å². The molecule has 282 valence electrons. The molecule has 1 saturated heterocycles. The third kappa shape index (κ3) is 11.1. The van der Waals surface area contributed by atoms with E-state index in [0.29, 0.717) is 17.9 Å². The Morgan fingerprint density at radius 2 is 0.942 bits per heavy atom. The molecule has 0 aliphatic carbocycles. The highest BCUT2D eigenvalue weighted by Gasteiger charge is 2.52. The lowest BCUT2D eigenvalue weighted by atomic mass is 9.81. The Kier molecular flexibility index (Phi) is 12.9. The molecule has 1 fully saturated rings. The van der Waals surface area contributed by atoms with Crippen LogP contribution in [0.5, 0.6) is 0 Å². The zero-order chi connectivity index (χ0) is 39.7. The molecule has 0 spiro atoms. The molecule has 24 heteroatoms. The Morgan fingerprint density at radius 3 is 1.33 bits per heavy atom. The predicted octanol–water partition coefficient (Wildman–Crippen LogP) is 9.54. The van der Waals surface area contributed by atoms with E-state index >= 15 is 0 Å². The summed E-state index contributed by atoms with van der Waals surface area (Å²) in [6.07, 6.45) is -13.4. The summed E-state index contributed by atoms with van der Waals surface area (Å²) in [5.74, 6) is -2.62. The van der Waals surface area contributed by atoms with Crippen LogP contribution < -0.4 is 5.46 Å². The van der Waals surface area contributed by atoms with Crippen molar-refractivity contribution < 1.29 is 62.0 Å². The van der Waals surface area contributed by atoms with Crippen LogP contribution in [-0.2, 0) is 34.0 Å². The van der Waals surface area contributed by atoms with E-state index in [2.05, 4.69) is 45.8 Å². The minimum absolute atomic E-state index is 0.0992. The molecular formula is C28H20BBrCl2F12N6O2. The summed E-state index contributed by atoms with van der Waals surface area (Å²) >= 11 is 13.7. The highest BCUT2D eigenvalue weighted by Crippen LogP contribution is 2.38. The summed E-state index contributed by atoms with van der Waals surface area (Å²) in [6, 6.07) is 2.08. The van der Waals surface area contributed by atoms with Crippen LogP contribution in [0.2, 0.25) is 10.0 Å². The van der Waals surface area contributed by atoms with Crippen molar-refractivity contribution in [2.75, 3.05) is 0 Å². The third-order valence-electron chi connectivity index (χ3n) is 6.87. The molecular weight excluding hydrogens is 842 g/mol. The van der Waals surface area contributed by atoms with Gasteiger partial charge in [0.1, 0.15) is 0 Å². The Bertz CT molecular complexity index is 1830. The largest absolute Gasteiger partial charge is 0.498 e. The fourth-order valence-electron chi connectivity index (χ4n) is 3.71. The fourth-order valence-corrected chi connectivity index (χ4v) is 4.73. The maximum Gasteiger partial charge on any atom is 0.498 e. The van der Waals surface area contributed by atoms with Crippen LogP contribution >= 0.6 is 39.1 Å². The SMILES string of the molecule is CC1(C)OB(c2cnc(C(F)(F)F)nc2)OC1(C)C.FC(F)(F)c1ncc(-c2cc(Cl)cnc2C(F)(F)F)cn1.FC(F)(F)c1ncc(Cl)cc1Br. The number of hydrogen-bond acceptors (Lipinski definition) is 8. The molecule has 0 N–H and O–H groups in total. The molecule has 1 aliphatic rings. The van der Waals surface area contributed by atoms with Gasteiger partial charge < -0.3 is 9.31 Å². The van der Waals surface area contributed by atoms with E-state index in [-0.39, 0.29) is 20.1 Å². The van der Waals surface area contributed by atoms with Crippen molar-refractivity contribution in [1.29, 1.82) is 0 Å². The normalized spacial score (nSPS) is 15.7. The monoisotopic (exact) mass is 860 g/mol.